The molecule has 1 unspecified atom stereocenters. The normalized spacial score (nSPS) is 24.4. The van der Waals surface area contributed by atoms with Crippen molar-refractivity contribution >= 4 is 47.2 Å². The van der Waals surface area contributed by atoms with Crippen molar-refractivity contribution in [2.75, 3.05) is 13.1 Å². The smallest absolute Gasteiger partial charge is 0.329 e. The van der Waals surface area contributed by atoms with Crippen LogP contribution in [0.3, 0.4) is 0 Å². The van der Waals surface area contributed by atoms with E-state index in [-0.39, 0.29) is 101 Å². The van der Waals surface area contributed by atoms with Gasteiger partial charge in [0, 0.05) is 56.0 Å². The van der Waals surface area contributed by atoms with E-state index < -0.39 is 52.4 Å². The summed E-state index contributed by atoms with van der Waals surface area (Å²) in [6, 6.07) is -2.56. The molecule has 2 aromatic rings. The quantitative estimate of drug-likeness (QED) is 0.0901. The average Bonchev–Trinajstić information content (AvgIpc) is 2.90. The zero-order valence-corrected chi connectivity index (χ0v) is 51.8. The number of esters is 2. The standard InChI is InChI=1S/C32H48N4O5.C20H29N3O4.C12H21NO2/c1-31(2,3)27(29(39)36-19-21-13-10-14-22(21)26(36)30(40)41-32(4,5)6)35-28(38)23(20-11-8-7-9-12-20)17-25(37)24-18-33-15-16-34-24;1-20(2,3)17(19(26)27)23-18(25)14(13-7-5-4-6-8-13)11-16(24)15-12-21-9-10-22-15;1-12(2,3)15-11(14)10-9-6-4-5-8(9)7-13-10/h15-16,18,20-23,26-27H,7-14,17,19H2,1-6H3,(H,35,38);9-10,12-14,17H,4-8,11H2,1-3H3,(H,23,25)(H,26,27);8-10,13H,4-7H2,1-3H3/t21-,22-,23-,26-,27?;14-,17+;8-,9-,10-/m000/s1. The first-order valence-corrected chi connectivity index (χ1v) is 30.8. The first-order valence-electron chi connectivity index (χ1n) is 30.8. The molecule has 3 amide bonds. The van der Waals surface area contributed by atoms with Gasteiger partial charge in [0.05, 0.1) is 12.4 Å². The second-order valence-electron chi connectivity index (χ2n) is 28.5. The molecule has 10 atom stereocenters. The van der Waals surface area contributed by atoms with Gasteiger partial charge >= 0.3 is 17.9 Å². The number of ketones is 2. The maximum atomic E-state index is 14.3. The number of carbonyl (C=O) groups excluding carboxylic acids is 7. The Hall–Kier alpha value is -5.72. The Labute approximate surface area is 493 Å². The van der Waals surface area contributed by atoms with Crippen LogP contribution in [-0.4, -0.2) is 126 Å². The molecular formula is C64H98N8O11. The van der Waals surface area contributed by atoms with Crippen LogP contribution in [0.25, 0.3) is 0 Å². The van der Waals surface area contributed by atoms with E-state index >= 15 is 0 Å². The Kier molecular flexibility index (Phi) is 23.1. The second-order valence-corrected chi connectivity index (χ2v) is 28.5. The summed E-state index contributed by atoms with van der Waals surface area (Å²) in [6.45, 7) is 23.9. The number of aliphatic carboxylic acids is 1. The fourth-order valence-electron chi connectivity index (χ4n) is 13.5. The molecule has 19 heteroatoms. The zero-order chi connectivity index (χ0) is 61.0. The molecule has 0 radical (unpaired) electrons. The summed E-state index contributed by atoms with van der Waals surface area (Å²) in [6.07, 6.45) is 25.3. The molecule has 4 heterocycles. The largest absolute Gasteiger partial charge is 0.480 e. The van der Waals surface area contributed by atoms with Gasteiger partial charge in [-0.2, -0.15) is 0 Å². The van der Waals surface area contributed by atoms with Gasteiger partial charge in [-0.15, -0.1) is 0 Å². The molecule has 0 spiro atoms. The molecule has 0 aromatic carbocycles. The van der Waals surface area contributed by atoms with E-state index in [4.69, 9.17) is 9.47 Å². The van der Waals surface area contributed by atoms with Crippen LogP contribution < -0.4 is 16.0 Å². The van der Waals surface area contributed by atoms with Crippen LogP contribution in [-0.2, 0) is 38.2 Å². The Balaban J connectivity index is 0.000000224. The fourth-order valence-corrected chi connectivity index (χ4v) is 13.5. The van der Waals surface area contributed by atoms with Crippen molar-refractivity contribution in [3.63, 3.8) is 0 Å². The first-order chi connectivity index (χ1) is 38.9. The maximum Gasteiger partial charge on any atom is 0.329 e. The molecule has 4 N–H and O–H groups in total. The highest BCUT2D eigenvalue weighted by atomic mass is 16.6. The van der Waals surface area contributed by atoms with E-state index in [9.17, 15) is 43.5 Å². The molecule has 8 rings (SSSR count). The summed E-state index contributed by atoms with van der Waals surface area (Å²) in [5.74, 6) is -2.27. The van der Waals surface area contributed by atoms with E-state index in [2.05, 4.69) is 35.9 Å². The lowest BCUT2D eigenvalue weighted by molar-refractivity contribution is -0.165. The molecule has 460 valence electrons. The third-order valence-electron chi connectivity index (χ3n) is 17.6. The fraction of sp³-hybridized carbons (Fsp3) is 0.750. The highest BCUT2D eigenvalue weighted by Crippen LogP contribution is 2.44. The van der Waals surface area contributed by atoms with Gasteiger partial charge in [0.1, 0.15) is 46.8 Å². The molecule has 2 aliphatic heterocycles. The van der Waals surface area contributed by atoms with Crippen molar-refractivity contribution in [3.8, 4) is 0 Å². The summed E-state index contributed by atoms with van der Waals surface area (Å²) in [4.78, 5) is 122. The molecule has 2 aromatic heterocycles. The number of likely N-dealkylation sites (tertiary alicyclic amines) is 1. The van der Waals surface area contributed by atoms with E-state index in [1.54, 1.807) is 25.7 Å². The van der Waals surface area contributed by atoms with Gasteiger partial charge in [-0.1, -0.05) is 92.9 Å². The van der Waals surface area contributed by atoms with Gasteiger partial charge in [0.15, 0.2) is 11.6 Å². The highest BCUT2D eigenvalue weighted by molar-refractivity contribution is 5.99. The van der Waals surface area contributed by atoms with Crippen LogP contribution in [0, 0.1) is 58.2 Å². The number of hydrogen-bond donors (Lipinski definition) is 4. The van der Waals surface area contributed by atoms with E-state index in [1.165, 1.54) is 56.4 Å². The Morgan fingerprint density at radius 3 is 1.45 bits per heavy atom. The van der Waals surface area contributed by atoms with Crippen LogP contribution in [0.1, 0.15) is 220 Å². The minimum absolute atomic E-state index is 0.0195. The number of carboxylic acid groups (broad SMARTS) is 1. The van der Waals surface area contributed by atoms with Crippen molar-refractivity contribution < 1.29 is 52.9 Å². The van der Waals surface area contributed by atoms with Gasteiger partial charge in [-0.05, 0) is 146 Å². The van der Waals surface area contributed by atoms with Crippen LogP contribution >= 0.6 is 0 Å². The average molecular weight is 1160 g/mol. The minimum atomic E-state index is -1.07. The summed E-state index contributed by atoms with van der Waals surface area (Å²) in [5.41, 5.74) is -1.80. The third kappa shape index (κ3) is 18.9. The molecule has 19 nitrogen and oxygen atoms in total. The lowest BCUT2D eigenvalue weighted by Gasteiger charge is -2.38. The number of nitrogens with zero attached hydrogens (tertiary/aromatic N) is 5. The summed E-state index contributed by atoms with van der Waals surface area (Å²) in [7, 11) is 0. The molecular weight excluding hydrogens is 1060 g/mol. The molecule has 4 saturated carbocycles. The number of nitrogens with one attached hydrogen (secondary N) is 3. The maximum absolute atomic E-state index is 14.3. The third-order valence-corrected chi connectivity index (χ3v) is 17.6. The van der Waals surface area contributed by atoms with Gasteiger partial charge < -0.3 is 35.4 Å². The Bertz CT molecular complexity index is 2530. The minimum Gasteiger partial charge on any atom is -0.480 e. The molecule has 4 aliphatic carbocycles. The molecule has 83 heavy (non-hydrogen) atoms. The van der Waals surface area contributed by atoms with Crippen LogP contribution in [0.5, 0.6) is 0 Å². The second kappa shape index (κ2) is 28.9. The molecule has 2 saturated heterocycles. The number of fused-ring (bicyclic) bond motifs is 2. The Morgan fingerprint density at radius 2 is 1.01 bits per heavy atom. The van der Waals surface area contributed by atoms with Gasteiger partial charge in [0.25, 0.3) is 0 Å². The van der Waals surface area contributed by atoms with Gasteiger partial charge in [-0.25, -0.2) is 19.6 Å². The van der Waals surface area contributed by atoms with E-state index in [0.717, 1.165) is 90.0 Å². The van der Waals surface area contributed by atoms with Crippen molar-refractivity contribution in [1.29, 1.82) is 0 Å². The number of carbonyl (C=O) groups is 8. The first kappa shape index (κ1) is 66.4. The number of aromatic nitrogens is 4. The van der Waals surface area contributed by atoms with Gasteiger partial charge in [0.2, 0.25) is 17.7 Å². The lowest BCUT2D eigenvalue weighted by atomic mass is 9.76. The highest BCUT2D eigenvalue weighted by Gasteiger charge is 2.53. The molecule has 6 aliphatic rings. The Morgan fingerprint density at radius 1 is 0.566 bits per heavy atom. The number of Topliss-reactive ketones (excluding diaryl/α,β-unsaturated/α-hetero) is 2. The predicted octanol–water partition coefficient (Wildman–Crippen LogP) is 9.32. The molecule has 0 bridgehead atoms. The predicted molar refractivity (Wildman–Crippen MR) is 313 cm³/mol. The van der Waals surface area contributed by atoms with Crippen LogP contribution in [0.15, 0.2) is 37.2 Å². The monoisotopic (exact) mass is 1150 g/mol. The van der Waals surface area contributed by atoms with Crippen LogP contribution in [0.2, 0.25) is 0 Å². The topological polar surface area (TPSA) is 266 Å². The molecule has 6 fully saturated rings. The van der Waals surface area contributed by atoms with E-state index in [0.29, 0.717) is 18.4 Å². The number of ether oxygens (including phenoxy) is 2. The summed E-state index contributed by atoms with van der Waals surface area (Å²) >= 11 is 0. The van der Waals surface area contributed by atoms with Crippen molar-refractivity contribution in [2.24, 2.45) is 58.2 Å². The van der Waals surface area contributed by atoms with Crippen molar-refractivity contribution in [2.45, 2.75) is 234 Å². The summed E-state index contributed by atoms with van der Waals surface area (Å²) in [5, 5.41) is 18.6. The number of amides is 3. The summed E-state index contributed by atoms with van der Waals surface area (Å²) < 4.78 is 11.2. The lowest BCUT2D eigenvalue weighted by Crippen LogP contribution is -2.59. The van der Waals surface area contributed by atoms with Gasteiger partial charge in [-0.3, -0.25) is 38.7 Å². The van der Waals surface area contributed by atoms with Crippen molar-refractivity contribution in [3.05, 3.63) is 48.6 Å². The number of hydrogen-bond acceptors (Lipinski definition) is 15. The van der Waals surface area contributed by atoms with Crippen LogP contribution in [0.4, 0.5) is 0 Å². The zero-order valence-electron chi connectivity index (χ0n) is 51.8. The number of rotatable bonds is 16. The number of carboxylic acids is 1. The van der Waals surface area contributed by atoms with E-state index in [1.807, 2.05) is 62.3 Å². The van der Waals surface area contributed by atoms with Crippen molar-refractivity contribution in [1.82, 2.24) is 40.8 Å². The SMILES string of the molecule is CC(C)(C)OC(=O)[C@@H]1[C@H]2CCC[C@H]2CN1C(=O)C(NC(=O)[C@@H](CC(=O)c1cnccn1)C1CCCCC1)C(C)(C)C.CC(C)(C)OC(=O)[C@H]1NC[C@@H]2CCC[C@@H]21.CC(C)(C)[C@H](NC(=O)[C@@H](CC(=O)c1cnccn1)C1CCCCC1)C(=O)O.